The van der Waals surface area contributed by atoms with Gasteiger partial charge in [-0.05, 0) is 51.4 Å². The van der Waals surface area contributed by atoms with Gasteiger partial charge in [-0.2, -0.15) is 0 Å². The Bertz CT molecular complexity index is 1830. The first-order valence-electron chi connectivity index (χ1n) is 25.9. The first-order valence-corrected chi connectivity index (χ1v) is 25.9. The van der Waals surface area contributed by atoms with Crippen LogP contribution in [0.25, 0.3) is 0 Å². The minimum atomic E-state index is -1.40. The molecule has 0 saturated heterocycles. The van der Waals surface area contributed by atoms with E-state index in [1.165, 1.54) is 0 Å². The summed E-state index contributed by atoms with van der Waals surface area (Å²) < 4.78 is 18.0. The number of nitrogens with one attached hydrogen (secondary N) is 3. The summed E-state index contributed by atoms with van der Waals surface area (Å²) in [6.45, 7) is 4.37. The van der Waals surface area contributed by atoms with Crippen LogP contribution < -0.4 is 16.0 Å². The van der Waals surface area contributed by atoms with Crippen LogP contribution in [0.1, 0.15) is 111 Å². The Morgan fingerprint density at radius 2 is 0.711 bits per heavy atom. The van der Waals surface area contributed by atoms with Gasteiger partial charge in [-0.3, -0.25) is 72.2 Å². The maximum atomic E-state index is 12.9. The molecule has 0 fully saturated rings. The number of carboxylic acids is 9. The average Bonchev–Trinajstić information content (AvgIpc) is 3.31. The van der Waals surface area contributed by atoms with Crippen LogP contribution in [0.2, 0.25) is 0 Å². The summed E-state index contributed by atoms with van der Waals surface area (Å²) in [4.78, 5) is 144. The SMILES string of the molecule is C=C(NC(COCCC(=O)CCCCCC(C(=O)O)N(CC(=O)O)CC(=O)O)(COCCC(=O)NCCCCC(C(=O)O)N(CC(=O)O)CC(=O)O)COCCC(=O)NCCCCC(C(=O)O)N(CC(=O)O)CC(=O)O)C(C)(C)C.[Ni+3].[Ni+3].[Ni+3]. The van der Waals surface area contributed by atoms with Crippen molar-refractivity contribution in [3.8, 4) is 0 Å². The second-order valence-corrected chi connectivity index (χ2v) is 20.0. The molecule has 0 rings (SSSR count). The number of aliphatic carboxylic acids is 9. The van der Waals surface area contributed by atoms with Crippen LogP contribution in [-0.4, -0.2) is 248 Å². The molecule has 0 heterocycles. The largest absolute Gasteiger partial charge is 3.00 e. The number of ketones is 1. The monoisotopic (exact) mass is 1320 g/mol. The summed E-state index contributed by atoms with van der Waals surface area (Å²) in [7, 11) is 0. The van der Waals surface area contributed by atoms with Crippen LogP contribution in [0.15, 0.2) is 12.3 Å². The van der Waals surface area contributed by atoms with Crippen molar-refractivity contribution >= 4 is 71.3 Å². The number of ether oxygens (including phenoxy) is 3. The van der Waals surface area contributed by atoms with Gasteiger partial charge >= 0.3 is 103 Å². The van der Waals surface area contributed by atoms with Crippen LogP contribution in [0.5, 0.6) is 0 Å². The fourth-order valence-corrected chi connectivity index (χ4v) is 7.84. The number of carbonyl (C=O) groups is 12. The molecule has 3 radical (unpaired) electrons. The zero-order valence-electron chi connectivity index (χ0n) is 46.7. The molecule has 0 bridgehead atoms. The summed E-state index contributed by atoms with van der Waals surface area (Å²) in [6.07, 6.45) is 1.49. The van der Waals surface area contributed by atoms with E-state index in [1.54, 1.807) is 0 Å². The molecule has 83 heavy (non-hydrogen) atoms. The molecule has 0 aliphatic rings. The normalized spacial score (nSPS) is 12.9. The standard InChI is InChI=1S/C50H82N6O24.3Ni/c1-33(49(2,3)4)53-50(30-78-21-16-34(57)12-6-5-7-13-35(46(72)73)54(24-40(60)61)25-41(62)63,31-79-22-17-38(58)51-19-10-8-14-36(47(74)75)55(26-42(64)65)27-43(66)67)32-80-23-18-39(59)52-20-11-9-15-37(48(76)77)56(28-44(68)69)29-45(70)71;;;/h35-37,53H,1,5-32H2,2-4H3,(H,51,58)(H,52,59)(H,60,61)(H,62,63)(H,64,65)(H,66,67)(H,68,69)(H,70,71)(H,72,73)(H,74,75)(H,76,77);;;/q;3*+3. The fourth-order valence-electron chi connectivity index (χ4n) is 7.84. The Morgan fingerprint density at radius 3 is 0.988 bits per heavy atom. The number of hydrogen-bond acceptors (Lipinski definition) is 19. The third-order valence-electron chi connectivity index (χ3n) is 12.0. The smallest absolute Gasteiger partial charge is 0.480 e. The molecular formula is C50H82N6Ni3O24+9. The van der Waals surface area contributed by atoms with E-state index in [1.807, 2.05) is 20.8 Å². The molecule has 2 amide bonds. The van der Waals surface area contributed by atoms with E-state index in [9.17, 15) is 72.9 Å². The van der Waals surface area contributed by atoms with Gasteiger partial charge < -0.3 is 76.1 Å². The minimum absolute atomic E-state index is 0. The number of carbonyl (C=O) groups excluding carboxylic acids is 3. The summed E-state index contributed by atoms with van der Waals surface area (Å²) in [5.41, 5.74) is -1.28. The molecule has 30 nitrogen and oxygen atoms in total. The van der Waals surface area contributed by atoms with Crippen LogP contribution in [0.4, 0.5) is 0 Å². The Balaban J connectivity index is -0.0000104. The first kappa shape index (κ1) is 84.1. The van der Waals surface area contributed by atoms with Gasteiger partial charge in [-0.25, -0.2) is 0 Å². The number of amides is 2. The van der Waals surface area contributed by atoms with E-state index in [0.717, 1.165) is 14.7 Å². The summed E-state index contributed by atoms with van der Waals surface area (Å²) in [6, 6.07) is -4.16. The van der Waals surface area contributed by atoms with Crippen LogP contribution in [-0.2, 0) is 121 Å². The summed E-state index contributed by atoms with van der Waals surface area (Å²) >= 11 is 0. The fraction of sp³-hybridized carbons (Fsp3) is 0.720. The molecule has 3 unspecified atom stereocenters. The molecule has 0 aromatic heterocycles. The van der Waals surface area contributed by atoms with Crippen molar-refractivity contribution in [1.29, 1.82) is 0 Å². The molecule has 0 aromatic carbocycles. The molecule has 477 valence electrons. The quantitative estimate of drug-likeness (QED) is 0.0281. The van der Waals surface area contributed by atoms with Gasteiger partial charge in [0.1, 0.15) is 29.4 Å². The third-order valence-corrected chi connectivity index (χ3v) is 12.0. The number of Topliss-reactive ketones (excluding diaryl/α,β-unsaturated/α-hetero) is 1. The number of rotatable bonds is 51. The van der Waals surface area contributed by atoms with Crippen molar-refractivity contribution < 1.29 is 167 Å². The third kappa shape index (κ3) is 41.3. The second kappa shape index (κ2) is 46.0. The Labute approximate surface area is 510 Å². The van der Waals surface area contributed by atoms with Gasteiger partial charge in [-0.1, -0.05) is 40.2 Å². The zero-order valence-corrected chi connectivity index (χ0v) is 49.6. The minimum Gasteiger partial charge on any atom is -0.480 e. The maximum Gasteiger partial charge on any atom is 3.00 e. The molecule has 0 aromatic rings. The van der Waals surface area contributed by atoms with Gasteiger partial charge in [-0.15, -0.1) is 0 Å². The average molecular weight is 1330 g/mol. The van der Waals surface area contributed by atoms with Crippen molar-refractivity contribution in [3.63, 3.8) is 0 Å². The van der Waals surface area contributed by atoms with Gasteiger partial charge in [0.05, 0.1) is 78.9 Å². The van der Waals surface area contributed by atoms with Crippen LogP contribution in [0, 0.1) is 5.41 Å². The second-order valence-electron chi connectivity index (χ2n) is 20.0. The van der Waals surface area contributed by atoms with E-state index < -0.39 is 134 Å². The Hall–Kier alpha value is -5.38. The Kier molecular flexibility index (Phi) is 46.6. The molecule has 12 N–H and O–H groups in total. The summed E-state index contributed by atoms with van der Waals surface area (Å²) in [5, 5.41) is 92.4. The molecule has 0 spiro atoms. The van der Waals surface area contributed by atoms with Crippen molar-refractivity contribution in [3.05, 3.63) is 12.3 Å². The number of allylic oxidation sites excluding steroid dienone is 1. The van der Waals surface area contributed by atoms with E-state index in [-0.39, 0.29) is 185 Å². The van der Waals surface area contributed by atoms with Crippen molar-refractivity contribution in [2.75, 3.05) is 92.0 Å². The number of unbranched alkanes of at least 4 members (excludes halogenated alkanes) is 4. The zero-order chi connectivity index (χ0) is 61.0. The maximum absolute atomic E-state index is 12.9. The van der Waals surface area contributed by atoms with E-state index in [0.29, 0.717) is 18.5 Å². The predicted octanol–water partition coefficient (Wildman–Crippen LogP) is -0.0470. The molecular weight excluding hydrogens is 1240 g/mol. The van der Waals surface area contributed by atoms with E-state index in [2.05, 4.69) is 22.5 Å². The van der Waals surface area contributed by atoms with Gasteiger partial charge in [0, 0.05) is 49.9 Å². The van der Waals surface area contributed by atoms with Crippen LogP contribution in [0.3, 0.4) is 0 Å². The first-order chi connectivity index (χ1) is 37.4. The summed E-state index contributed by atoms with van der Waals surface area (Å²) in [5.74, 6) is -13.6. The molecule has 0 aliphatic carbocycles. The number of hydrogen-bond donors (Lipinski definition) is 12. The molecule has 33 heteroatoms. The van der Waals surface area contributed by atoms with E-state index in [4.69, 9.17) is 44.8 Å². The Morgan fingerprint density at radius 1 is 0.422 bits per heavy atom. The number of carboxylic acid groups (broad SMARTS) is 9. The topological polar surface area (TPSA) is 460 Å². The van der Waals surface area contributed by atoms with E-state index >= 15 is 0 Å². The number of nitrogens with zero attached hydrogens (tertiary/aromatic N) is 3. The van der Waals surface area contributed by atoms with Crippen molar-refractivity contribution in [2.45, 2.75) is 134 Å². The van der Waals surface area contributed by atoms with Gasteiger partial charge in [0.15, 0.2) is 0 Å². The molecule has 0 aliphatic heterocycles. The molecule has 0 saturated carbocycles. The van der Waals surface area contributed by atoms with Gasteiger partial charge in [0.2, 0.25) is 11.8 Å². The van der Waals surface area contributed by atoms with Crippen LogP contribution >= 0.6 is 0 Å². The van der Waals surface area contributed by atoms with Crippen molar-refractivity contribution in [1.82, 2.24) is 30.7 Å². The van der Waals surface area contributed by atoms with Crippen molar-refractivity contribution in [2.24, 2.45) is 5.41 Å². The predicted molar refractivity (Wildman–Crippen MR) is 277 cm³/mol. The van der Waals surface area contributed by atoms with Gasteiger partial charge in [0.25, 0.3) is 0 Å². The molecule has 3 atom stereocenters.